The van der Waals surface area contributed by atoms with Crippen LogP contribution in [-0.2, 0) is 11.3 Å². The third-order valence-electron chi connectivity index (χ3n) is 2.97. The molecular weight excluding hydrogens is 340 g/mol. The third-order valence-corrected chi connectivity index (χ3v) is 3.50. The summed E-state index contributed by atoms with van der Waals surface area (Å²) in [6, 6.07) is 6.88. The Morgan fingerprint density at radius 2 is 1.95 bits per heavy atom. The Bertz CT molecular complexity index is 734. The first-order valence-electron chi connectivity index (χ1n) is 6.44. The van der Waals surface area contributed by atoms with E-state index in [2.05, 4.69) is 20.9 Å². The molecule has 112 valence electrons. The number of nitrogens with zero attached hydrogens (tertiary/aromatic N) is 1. The molecule has 6 nitrogen and oxygen atoms in total. The molecule has 21 heavy (non-hydrogen) atoms. The van der Waals surface area contributed by atoms with Crippen LogP contribution in [-0.4, -0.2) is 27.9 Å². The Labute approximate surface area is 129 Å². The van der Waals surface area contributed by atoms with Gasteiger partial charge in [-0.2, -0.15) is 0 Å². The average molecular weight is 355 g/mol. The lowest BCUT2D eigenvalue weighted by atomic mass is 10.1. The minimum Gasteiger partial charge on any atom is -0.494 e. The number of benzene rings is 1. The summed E-state index contributed by atoms with van der Waals surface area (Å²) in [7, 11) is 0. The van der Waals surface area contributed by atoms with E-state index < -0.39 is 11.2 Å². The van der Waals surface area contributed by atoms with Crippen LogP contribution in [0.2, 0.25) is 0 Å². The van der Waals surface area contributed by atoms with Gasteiger partial charge in [0.1, 0.15) is 5.56 Å². The van der Waals surface area contributed by atoms with Gasteiger partial charge in [0.05, 0.1) is 13.2 Å². The maximum Gasteiger partial charge on any atom is 0.331 e. The van der Waals surface area contributed by atoms with Crippen LogP contribution in [0, 0.1) is 0 Å². The SMILES string of the molecule is CCOCCn1c(O)c(-c2ccc(Br)cc2)c(=O)[nH]c1=O. The number of aromatic hydroxyl groups is 1. The predicted octanol–water partition coefficient (Wildman–Crippen LogP) is 1.71. The van der Waals surface area contributed by atoms with Gasteiger partial charge in [-0.05, 0) is 24.6 Å². The molecule has 1 aromatic carbocycles. The van der Waals surface area contributed by atoms with Crippen LogP contribution in [0.5, 0.6) is 5.88 Å². The Hall–Kier alpha value is -1.86. The van der Waals surface area contributed by atoms with E-state index in [0.29, 0.717) is 12.2 Å². The molecule has 0 saturated carbocycles. The van der Waals surface area contributed by atoms with E-state index in [-0.39, 0.29) is 24.6 Å². The fraction of sp³-hybridized carbons (Fsp3) is 0.286. The number of halogens is 1. The van der Waals surface area contributed by atoms with E-state index in [1.807, 2.05) is 6.92 Å². The number of H-pyrrole nitrogens is 1. The number of hydrogen-bond acceptors (Lipinski definition) is 4. The van der Waals surface area contributed by atoms with Gasteiger partial charge in [-0.1, -0.05) is 28.1 Å². The van der Waals surface area contributed by atoms with Gasteiger partial charge in [0.15, 0.2) is 0 Å². The van der Waals surface area contributed by atoms with Crippen LogP contribution in [0.4, 0.5) is 0 Å². The van der Waals surface area contributed by atoms with Crippen molar-refractivity contribution in [1.82, 2.24) is 9.55 Å². The molecule has 0 aliphatic heterocycles. The van der Waals surface area contributed by atoms with E-state index in [9.17, 15) is 14.7 Å². The maximum atomic E-state index is 12.0. The summed E-state index contributed by atoms with van der Waals surface area (Å²) < 4.78 is 7.12. The fourth-order valence-electron chi connectivity index (χ4n) is 1.94. The first-order valence-corrected chi connectivity index (χ1v) is 7.23. The van der Waals surface area contributed by atoms with E-state index >= 15 is 0 Å². The molecular formula is C14H15BrN2O4. The van der Waals surface area contributed by atoms with E-state index in [0.717, 1.165) is 9.04 Å². The van der Waals surface area contributed by atoms with Gasteiger partial charge < -0.3 is 9.84 Å². The molecule has 0 spiro atoms. The fourth-order valence-corrected chi connectivity index (χ4v) is 2.21. The zero-order chi connectivity index (χ0) is 15.4. The molecule has 2 N–H and O–H groups in total. The molecule has 0 saturated heterocycles. The Balaban J connectivity index is 2.51. The van der Waals surface area contributed by atoms with Crippen LogP contribution < -0.4 is 11.2 Å². The topological polar surface area (TPSA) is 84.3 Å². The Morgan fingerprint density at radius 3 is 2.57 bits per heavy atom. The second-order valence-corrected chi connectivity index (χ2v) is 5.23. The van der Waals surface area contributed by atoms with Crippen LogP contribution in [0.25, 0.3) is 11.1 Å². The quantitative estimate of drug-likeness (QED) is 0.800. The van der Waals surface area contributed by atoms with Gasteiger partial charge in [0.2, 0.25) is 5.88 Å². The Morgan fingerprint density at radius 1 is 1.29 bits per heavy atom. The number of hydrogen-bond donors (Lipinski definition) is 2. The first-order chi connectivity index (χ1) is 10.0. The third kappa shape index (κ3) is 3.43. The standard InChI is InChI=1S/C14H15BrN2O4/c1-2-21-8-7-17-13(19)11(12(18)16-14(17)20)9-3-5-10(15)6-4-9/h3-6,19H,2,7-8H2,1H3,(H,16,18,20). The monoisotopic (exact) mass is 354 g/mol. The molecule has 0 aliphatic rings. The van der Waals surface area contributed by atoms with Gasteiger partial charge in [0.25, 0.3) is 5.56 Å². The molecule has 0 aliphatic carbocycles. The van der Waals surface area contributed by atoms with Crippen LogP contribution in [0.1, 0.15) is 6.92 Å². The summed E-state index contributed by atoms with van der Waals surface area (Å²) in [5.74, 6) is -0.356. The van der Waals surface area contributed by atoms with Crippen LogP contribution >= 0.6 is 15.9 Å². The molecule has 1 heterocycles. The largest absolute Gasteiger partial charge is 0.494 e. The lowest BCUT2D eigenvalue weighted by Crippen LogP contribution is -2.32. The Kier molecular flexibility index (Phi) is 4.98. The first kappa shape index (κ1) is 15.5. The molecule has 2 rings (SSSR count). The minimum atomic E-state index is -0.655. The van der Waals surface area contributed by atoms with Crippen molar-refractivity contribution in [3.8, 4) is 17.0 Å². The normalized spacial score (nSPS) is 10.8. The number of rotatable bonds is 5. The van der Waals surface area contributed by atoms with E-state index in [1.54, 1.807) is 24.3 Å². The summed E-state index contributed by atoms with van der Waals surface area (Å²) in [5.41, 5.74) is -0.675. The molecule has 0 atom stereocenters. The molecule has 1 aromatic heterocycles. The van der Waals surface area contributed by atoms with Crippen molar-refractivity contribution in [3.63, 3.8) is 0 Å². The van der Waals surface area contributed by atoms with Crippen LogP contribution in [0.15, 0.2) is 38.3 Å². The molecule has 2 aromatic rings. The zero-order valence-electron chi connectivity index (χ0n) is 11.4. The lowest BCUT2D eigenvalue weighted by molar-refractivity contribution is 0.135. The molecule has 0 radical (unpaired) electrons. The summed E-state index contributed by atoms with van der Waals surface area (Å²) in [6.45, 7) is 2.79. The van der Waals surface area contributed by atoms with Crippen LogP contribution in [0.3, 0.4) is 0 Å². The molecule has 7 heteroatoms. The van der Waals surface area contributed by atoms with Gasteiger partial charge >= 0.3 is 5.69 Å². The van der Waals surface area contributed by atoms with E-state index in [4.69, 9.17) is 4.74 Å². The van der Waals surface area contributed by atoms with Crippen molar-refractivity contribution in [3.05, 3.63) is 49.6 Å². The van der Waals surface area contributed by atoms with Crippen molar-refractivity contribution in [2.24, 2.45) is 0 Å². The summed E-state index contributed by atoms with van der Waals surface area (Å²) in [4.78, 5) is 25.9. The second kappa shape index (κ2) is 6.73. The van der Waals surface area contributed by atoms with Crippen molar-refractivity contribution in [1.29, 1.82) is 0 Å². The van der Waals surface area contributed by atoms with Gasteiger partial charge in [-0.3, -0.25) is 14.3 Å². The molecule has 0 bridgehead atoms. The highest BCUT2D eigenvalue weighted by atomic mass is 79.9. The highest BCUT2D eigenvalue weighted by Gasteiger charge is 2.15. The number of ether oxygens (including phenoxy) is 1. The summed E-state index contributed by atoms with van der Waals surface area (Å²) in [5, 5.41) is 10.2. The van der Waals surface area contributed by atoms with Crippen molar-refractivity contribution in [2.45, 2.75) is 13.5 Å². The van der Waals surface area contributed by atoms with E-state index in [1.165, 1.54) is 0 Å². The molecule has 0 unspecified atom stereocenters. The smallest absolute Gasteiger partial charge is 0.331 e. The minimum absolute atomic E-state index is 0.0681. The number of aromatic nitrogens is 2. The van der Waals surface area contributed by atoms with Crippen molar-refractivity contribution >= 4 is 15.9 Å². The van der Waals surface area contributed by atoms with Crippen molar-refractivity contribution in [2.75, 3.05) is 13.2 Å². The predicted molar refractivity (Wildman–Crippen MR) is 82.6 cm³/mol. The van der Waals surface area contributed by atoms with Gasteiger partial charge in [0, 0.05) is 11.1 Å². The molecule has 0 fully saturated rings. The van der Waals surface area contributed by atoms with Gasteiger partial charge in [-0.15, -0.1) is 0 Å². The highest BCUT2D eigenvalue weighted by Crippen LogP contribution is 2.25. The van der Waals surface area contributed by atoms with Crippen molar-refractivity contribution < 1.29 is 9.84 Å². The second-order valence-electron chi connectivity index (χ2n) is 4.31. The number of aromatic amines is 1. The average Bonchev–Trinajstić information content (AvgIpc) is 2.44. The molecule has 0 amide bonds. The summed E-state index contributed by atoms with van der Waals surface area (Å²) in [6.07, 6.45) is 0. The zero-order valence-corrected chi connectivity index (χ0v) is 13.0. The lowest BCUT2D eigenvalue weighted by Gasteiger charge is -2.11. The summed E-state index contributed by atoms with van der Waals surface area (Å²) >= 11 is 3.30. The van der Waals surface area contributed by atoms with Gasteiger partial charge in [-0.25, -0.2) is 4.79 Å². The number of nitrogens with one attached hydrogen (secondary N) is 1. The highest BCUT2D eigenvalue weighted by molar-refractivity contribution is 9.10. The maximum absolute atomic E-state index is 12.0.